The molecule has 4 aromatic carbocycles. The van der Waals surface area contributed by atoms with Crippen molar-refractivity contribution in [3.8, 4) is 28.4 Å². The number of fused-ring (bicyclic) bond motifs is 4. The third-order valence-electron chi connectivity index (χ3n) is 8.65. The van der Waals surface area contributed by atoms with Crippen molar-refractivity contribution in [3.63, 3.8) is 0 Å². The molecule has 1 amide bonds. The Morgan fingerprint density at radius 2 is 1.52 bits per heavy atom. The topological polar surface area (TPSA) is 97.3 Å². The van der Waals surface area contributed by atoms with Crippen LogP contribution in [-0.2, 0) is 9.59 Å². The van der Waals surface area contributed by atoms with Gasteiger partial charge in [-0.15, -0.1) is 0 Å². The lowest BCUT2D eigenvalue weighted by Gasteiger charge is -2.27. The number of aliphatic carboxylic acids is 1. The average molecular weight is 563 g/mol. The lowest BCUT2D eigenvalue weighted by molar-refractivity contribution is -0.143. The quantitative estimate of drug-likeness (QED) is 0.322. The van der Waals surface area contributed by atoms with E-state index >= 15 is 0 Å². The zero-order chi connectivity index (χ0) is 28.8. The van der Waals surface area contributed by atoms with Gasteiger partial charge in [-0.3, -0.25) is 14.5 Å². The predicted octanol–water partition coefficient (Wildman–Crippen LogP) is 5.15. The number of likely N-dealkylation sites (tertiary alicyclic amines) is 1. The molecule has 2 heterocycles. The second kappa shape index (κ2) is 10.5. The SMILES string of the molecule is COc1ccc([C@H]2[C@H](C(=O)O)[C@@H](c3ccc4c(c3)OCO4)CN2CC(=O)NC2c3ccccc3-c3ccccc32)cc1. The molecular formula is C34H30N2O6. The zero-order valence-corrected chi connectivity index (χ0v) is 23.0. The largest absolute Gasteiger partial charge is 0.497 e. The smallest absolute Gasteiger partial charge is 0.309 e. The van der Waals surface area contributed by atoms with Crippen LogP contribution in [0, 0.1) is 5.92 Å². The van der Waals surface area contributed by atoms with Crippen molar-refractivity contribution < 1.29 is 28.9 Å². The van der Waals surface area contributed by atoms with Gasteiger partial charge in [-0.25, -0.2) is 0 Å². The molecule has 212 valence electrons. The van der Waals surface area contributed by atoms with Crippen molar-refractivity contribution >= 4 is 11.9 Å². The zero-order valence-electron chi connectivity index (χ0n) is 23.0. The molecule has 1 saturated heterocycles. The molecule has 2 aliphatic heterocycles. The fourth-order valence-corrected chi connectivity index (χ4v) is 6.77. The molecule has 8 nitrogen and oxygen atoms in total. The Morgan fingerprint density at radius 1 is 0.881 bits per heavy atom. The van der Waals surface area contributed by atoms with Crippen molar-refractivity contribution in [2.24, 2.45) is 5.92 Å². The van der Waals surface area contributed by atoms with Crippen LogP contribution in [0.5, 0.6) is 17.2 Å². The molecule has 0 spiro atoms. The van der Waals surface area contributed by atoms with Crippen LogP contribution in [0.2, 0.25) is 0 Å². The highest BCUT2D eigenvalue weighted by Crippen LogP contribution is 2.48. The molecule has 0 radical (unpaired) electrons. The summed E-state index contributed by atoms with van der Waals surface area (Å²) in [4.78, 5) is 28.7. The van der Waals surface area contributed by atoms with Crippen LogP contribution in [0.4, 0.5) is 0 Å². The average Bonchev–Trinajstić information content (AvgIpc) is 3.72. The van der Waals surface area contributed by atoms with E-state index in [0.717, 1.165) is 33.4 Å². The minimum absolute atomic E-state index is 0.0440. The molecule has 0 saturated carbocycles. The second-order valence-corrected chi connectivity index (χ2v) is 10.9. The van der Waals surface area contributed by atoms with Gasteiger partial charge in [0, 0.05) is 18.5 Å². The van der Waals surface area contributed by atoms with Gasteiger partial charge in [0.2, 0.25) is 12.7 Å². The number of ether oxygens (including phenoxy) is 3. The molecule has 2 N–H and O–H groups in total. The number of carboxylic acid groups (broad SMARTS) is 1. The van der Waals surface area contributed by atoms with Gasteiger partial charge < -0.3 is 24.6 Å². The number of carbonyl (C=O) groups excluding carboxylic acids is 1. The molecule has 4 aromatic rings. The first-order valence-electron chi connectivity index (χ1n) is 14.0. The molecule has 0 unspecified atom stereocenters. The van der Waals surface area contributed by atoms with E-state index in [9.17, 15) is 14.7 Å². The standard InChI is InChI=1S/C34H30N2O6/c1-40-22-13-10-20(11-14-22)33-31(34(38)39)27(21-12-15-28-29(16-21)42-19-41-28)17-36(33)18-30(37)35-32-25-8-4-2-6-23(25)24-7-3-5-9-26(24)32/h2-16,27,31-33H,17-19H2,1H3,(H,35,37)(H,38,39)/t27-,31-,33+/m1/s1. The van der Waals surface area contributed by atoms with Crippen LogP contribution < -0.4 is 19.5 Å². The van der Waals surface area contributed by atoms with Gasteiger partial charge in [-0.05, 0) is 57.6 Å². The van der Waals surface area contributed by atoms with E-state index in [4.69, 9.17) is 14.2 Å². The van der Waals surface area contributed by atoms with Crippen molar-refractivity contribution in [1.29, 1.82) is 0 Å². The van der Waals surface area contributed by atoms with E-state index < -0.39 is 17.9 Å². The summed E-state index contributed by atoms with van der Waals surface area (Å²) < 4.78 is 16.4. The first-order chi connectivity index (χ1) is 20.5. The molecule has 0 bridgehead atoms. The molecule has 1 fully saturated rings. The van der Waals surface area contributed by atoms with E-state index in [0.29, 0.717) is 23.8 Å². The minimum Gasteiger partial charge on any atom is -0.497 e. The first-order valence-corrected chi connectivity index (χ1v) is 14.0. The lowest BCUT2D eigenvalue weighted by Crippen LogP contribution is -2.39. The molecular weight excluding hydrogens is 532 g/mol. The molecule has 8 heteroatoms. The van der Waals surface area contributed by atoms with Crippen LogP contribution in [0.3, 0.4) is 0 Å². The first kappa shape index (κ1) is 26.1. The van der Waals surface area contributed by atoms with Crippen LogP contribution in [0.25, 0.3) is 11.1 Å². The Kier molecular flexibility index (Phi) is 6.55. The Labute approximate surface area is 243 Å². The lowest BCUT2D eigenvalue weighted by atomic mass is 9.82. The summed E-state index contributed by atoms with van der Waals surface area (Å²) in [6.45, 7) is 0.570. The number of rotatable bonds is 7. The Balaban J connectivity index is 1.21. The number of nitrogens with zero attached hydrogens (tertiary/aromatic N) is 1. The maximum Gasteiger partial charge on any atom is 0.309 e. The highest BCUT2D eigenvalue weighted by molar-refractivity contribution is 5.84. The van der Waals surface area contributed by atoms with Gasteiger partial charge in [0.25, 0.3) is 0 Å². The fourth-order valence-electron chi connectivity index (χ4n) is 6.77. The maximum atomic E-state index is 13.8. The molecule has 7 rings (SSSR count). The van der Waals surface area contributed by atoms with Crippen LogP contribution in [-0.4, -0.2) is 48.9 Å². The third-order valence-corrected chi connectivity index (χ3v) is 8.65. The summed E-state index contributed by atoms with van der Waals surface area (Å²) in [5, 5.41) is 13.8. The highest BCUT2D eigenvalue weighted by atomic mass is 16.7. The second-order valence-electron chi connectivity index (χ2n) is 10.9. The van der Waals surface area contributed by atoms with Gasteiger partial charge in [-0.1, -0.05) is 66.7 Å². The number of carboxylic acids is 1. The van der Waals surface area contributed by atoms with Gasteiger partial charge in [-0.2, -0.15) is 0 Å². The van der Waals surface area contributed by atoms with Gasteiger partial charge >= 0.3 is 5.97 Å². The predicted molar refractivity (Wildman–Crippen MR) is 156 cm³/mol. The molecule has 1 aliphatic carbocycles. The van der Waals surface area contributed by atoms with E-state index in [1.165, 1.54) is 0 Å². The number of hydrogen-bond acceptors (Lipinski definition) is 6. The number of hydrogen-bond donors (Lipinski definition) is 2. The van der Waals surface area contributed by atoms with Crippen molar-refractivity contribution in [2.75, 3.05) is 27.0 Å². The monoisotopic (exact) mass is 562 g/mol. The van der Waals surface area contributed by atoms with E-state index in [2.05, 4.69) is 17.4 Å². The van der Waals surface area contributed by atoms with Crippen LogP contribution in [0.15, 0.2) is 91.0 Å². The van der Waals surface area contributed by atoms with Crippen LogP contribution in [0.1, 0.15) is 40.3 Å². The molecule has 42 heavy (non-hydrogen) atoms. The summed E-state index contributed by atoms with van der Waals surface area (Å²) >= 11 is 0. The molecule has 0 aromatic heterocycles. The van der Waals surface area contributed by atoms with Crippen molar-refractivity contribution in [2.45, 2.75) is 18.0 Å². The summed E-state index contributed by atoms with van der Waals surface area (Å²) in [6, 6.07) is 28.4. The molecule has 3 aliphatic rings. The van der Waals surface area contributed by atoms with E-state index in [1.54, 1.807) is 7.11 Å². The maximum absolute atomic E-state index is 13.8. The van der Waals surface area contributed by atoms with E-state index in [1.807, 2.05) is 83.8 Å². The van der Waals surface area contributed by atoms with Gasteiger partial charge in [0.05, 0.1) is 25.6 Å². The molecule has 3 atom stereocenters. The summed E-state index contributed by atoms with van der Waals surface area (Å²) in [5.74, 6) is -0.320. The number of amides is 1. The Hall–Kier alpha value is -4.82. The normalized spacial score (nSPS) is 20.6. The third kappa shape index (κ3) is 4.44. The minimum atomic E-state index is -0.917. The fraction of sp³-hybridized carbons (Fsp3) is 0.235. The number of carbonyl (C=O) groups is 2. The number of methoxy groups -OCH3 is 1. The summed E-state index contributed by atoms with van der Waals surface area (Å²) in [6.07, 6.45) is 0. The summed E-state index contributed by atoms with van der Waals surface area (Å²) in [7, 11) is 1.59. The Bertz CT molecular complexity index is 1620. The summed E-state index contributed by atoms with van der Waals surface area (Å²) in [5.41, 5.74) is 6.00. The number of nitrogens with one attached hydrogen (secondary N) is 1. The van der Waals surface area contributed by atoms with Crippen LogP contribution >= 0.6 is 0 Å². The van der Waals surface area contributed by atoms with Gasteiger partial charge in [0.1, 0.15) is 5.75 Å². The van der Waals surface area contributed by atoms with Gasteiger partial charge in [0.15, 0.2) is 11.5 Å². The van der Waals surface area contributed by atoms with E-state index in [-0.39, 0.29) is 31.2 Å². The Morgan fingerprint density at radius 3 is 2.19 bits per heavy atom. The van der Waals surface area contributed by atoms with Crippen molar-refractivity contribution in [1.82, 2.24) is 10.2 Å². The van der Waals surface area contributed by atoms with Crippen molar-refractivity contribution in [3.05, 3.63) is 113 Å². The highest BCUT2D eigenvalue weighted by Gasteiger charge is 2.48. The number of benzene rings is 4.